The maximum Gasteiger partial charge on any atom is 0.128 e. The highest BCUT2D eigenvalue weighted by molar-refractivity contribution is 7.16. The van der Waals surface area contributed by atoms with Crippen molar-refractivity contribution in [3.8, 4) is 0 Å². The Hall–Kier alpha value is -1.10. The molecule has 1 fully saturated rings. The molecule has 2 aromatic heterocycles. The second-order valence-electron chi connectivity index (χ2n) is 5.24. The first-order valence-corrected chi connectivity index (χ1v) is 8.04. The van der Waals surface area contributed by atoms with Crippen molar-refractivity contribution in [1.82, 2.24) is 10.3 Å². The highest BCUT2D eigenvalue weighted by Crippen LogP contribution is 2.24. The van der Waals surface area contributed by atoms with Gasteiger partial charge in [0.05, 0.1) is 10.9 Å². The number of pyridine rings is 1. The predicted molar refractivity (Wildman–Crippen MR) is 85.5 cm³/mol. The lowest BCUT2D eigenvalue weighted by Gasteiger charge is -2.17. The maximum absolute atomic E-state index is 5.95. The van der Waals surface area contributed by atoms with E-state index in [1.165, 1.54) is 23.3 Å². The third-order valence-corrected chi connectivity index (χ3v) is 4.61. The fourth-order valence-electron chi connectivity index (χ4n) is 2.05. The van der Waals surface area contributed by atoms with E-state index < -0.39 is 0 Å². The topological polar surface area (TPSA) is 28.2 Å². The van der Waals surface area contributed by atoms with Crippen LogP contribution in [0.15, 0.2) is 30.5 Å². The summed E-state index contributed by atoms with van der Waals surface area (Å²) < 4.78 is 0.836. The second kappa shape index (κ2) is 6.12. The van der Waals surface area contributed by atoms with Crippen molar-refractivity contribution < 1.29 is 0 Å². The largest absolute Gasteiger partial charge is 0.355 e. The van der Waals surface area contributed by atoms with Crippen LogP contribution in [0.5, 0.6) is 0 Å². The summed E-state index contributed by atoms with van der Waals surface area (Å²) in [6.07, 6.45) is 4.60. The van der Waals surface area contributed by atoms with Gasteiger partial charge in [-0.3, -0.25) is 0 Å². The van der Waals surface area contributed by atoms with Crippen LogP contribution in [-0.4, -0.2) is 18.1 Å². The molecule has 1 aliphatic rings. The quantitative estimate of drug-likeness (QED) is 0.882. The van der Waals surface area contributed by atoms with Crippen LogP contribution < -0.4 is 10.2 Å². The van der Waals surface area contributed by atoms with Crippen LogP contribution in [0.1, 0.15) is 23.3 Å². The first kappa shape index (κ1) is 13.9. The number of hydrogen-bond donors (Lipinski definition) is 1. The minimum Gasteiger partial charge on any atom is -0.355 e. The molecule has 0 radical (unpaired) electrons. The Balaban J connectivity index is 1.57. The number of hydrogen-bond acceptors (Lipinski definition) is 4. The van der Waals surface area contributed by atoms with Crippen molar-refractivity contribution in [1.29, 1.82) is 0 Å². The lowest BCUT2D eigenvalue weighted by molar-refractivity contribution is 0.685. The lowest BCUT2D eigenvalue weighted by Crippen LogP contribution is -2.18. The summed E-state index contributed by atoms with van der Waals surface area (Å²) in [5, 5.41) is 3.50. The smallest absolute Gasteiger partial charge is 0.128 e. The van der Waals surface area contributed by atoms with Gasteiger partial charge in [0, 0.05) is 30.7 Å². The molecule has 0 bridgehead atoms. The zero-order chi connectivity index (χ0) is 13.9. The summed E-state index contributed by atoms with van der Waals surface area (Å²) >= 11 is 7.57. The minimum atomic E-state index is 0.737. The van der Waals surface area contributed by atoms with E-state index in [4.69, 9.17) is 11.6 Å². The number of anilines is 1. The van der Waals surface area contributed by atoms with Gasteiger partial charge in [-0.05, 0) is 36.6 Å². The van der Waals surface area contributed by atoms with E-state index in [9.17, 15) is 0 Å². The Morgan fingerprint density at radius 1 is 1.35 bits per heavy atom. The van der Waals surface area contributed by atoms with Gasteiger partial charge in [-0.15, -0.1) is 11.3 Å². The molecule has 0 saturated heterocycles. The molecule has 0 aliphatic heterocycles. The summed E-state index contributed by atoms with van der Waals surface area (Å²) in [4.78, 5) is 7.93. The summed E-state index contributed by atoms with van der Waals surface area (Å²) in [6, 6.07) is 8.97. The fourth-order valence-corrected chi connectivity index (χ4v) is 3.19. The molecule has 0 unspecified atom stereocenters. The predicted octanol–water partition coefficient (Wildman–Crippen LogP) is 3.68. The SMILES string of the molecule is CN(Cc1ccc(Cl)s1)c1ccc(CNC2CC2)cn1. The Bertz CT molecular complexity index is 563. The summed E-state index contributed by atoms with van der Waals surface area (Å²) in [7, 11) is 2.05. The first-order valence-electron chi connectivity index (χ1n) is 6.84. The van der Waals surface area contributed by atoms with E-state index in [2.05, 4.69) is 40.4 Å². The van der Waals surface area contributed by atoms with Crippen molar-refractivity contribution in [2.45, 2.75) is 32.0 Å². The molecule has 0 amide bonds. The van der Waals surface area contributed by atoms with Crippen molar-refractivity contribution in [2.75, 3.05) is 11.9 Å². The highest BCUT2D eigenvalue weighted by atomic mass is 35.5. The monoisotopic (exact) mass is 307 g/mol. The maximum atomic E-state index is 5.95. The molecule has 5 heteroatoms. The van der Waals surface area contributed by atoms with Crippen molar-refractivity contribution in [3.63, 3.8) is 0 Å². The molecule has 2 heterocycles. The van der Waals surface area contributed by atoms with Gasteiger partial charge >= 0.3 is 0 Å². The standard InChI is InChI=1S/C15H18ClN3S/c1-19(10-13-5-6-14(16)20-13)15-7-2-11(9-18-15)8-17-12-3-4-12/h2,5-7,9,12,17H,3-4,8,10H2,1H3. The van der Waals surface area contributed by atoms with Gasteiger partial charge in [0.2, 0.25) is 0 Å². The number of nitrogens with one attached hydrogen (secondary N) is 1. The molecule has 0 aromatic carbocycles. The van der Waals surface area contributed by atoms with Gasteiger partial charge in [-0.25, -0.2) is 4.98 Å². The third-order valence-electron chi connectivity index (χ3n) is 3.39. The molecular weight excluding hydrogens is 290 g/mol. The van der Waals surface area contributed by atoms with E-state index in [1.807, 2.05) is 12.3 Å². The van der Waals surface area contributed by atoms with Crippen molar-refractivity contribution in [2.24, 2.45) is 0 Å². The van der Waals surface area contributed by atoms with Crippen molar-refractivity contribution >= 4 is 28.8 Å². The van der Waals surface area contributed by atoms with Crippen molar-refractivity contribution in [3.05, 3.63) is 45.2 Å². The number of rotatable bonds is 6. The zero-order valence-electron chi connectivity index (χ0n) is 11.5. The molecule has 20 heavy (non-hydrogen) atoms. The molecule has 0 spiro atoms. The fraction of sp³-hybridized carbons (Fsp3) is 0.400. The van der Waals surface area contributed by atoms with Gasteiger partial charge < -0.3 is 10.2 Å². The highest BCUT2D eigenvalue weighted by Gasteiger charge is 2.19. The van der Waals surface area contributed by atoms with E-state index in [0.717, 1.165) is 29.3 Å². The second-order valence-corrected chi connectivity index (χ2v) is 7.04. The zero-order valence-corrected chi connectivity index (χ0v) is 13.0. The van der Waals surface area contributed by atoms with Crippen LogP contribution in [-0.2, 0) is 13.1 Å². The van der Waals surface area contributed by atoms with Crippen LogP contribution >= 0.6 is 22.9 Å². The number of nitrogens with zero attached hydrogens (tertiary/aromatic N) is 2. The average molecular weight is 308 g/mol. The molecule has 0 atom stereocenters. The normalized spacial score (nSPS) is 14.5. The van der Waals surface area contributed by atoms with Crippen LogP contribution in [0, 0.1) is 0 Å². The third kappa shape index (κ3) is 3.72. The summed E-state index contributed by atoms with van der Waals surface area (Å²) in [6.45, 7) is 1.76. The molecule has 3 nitrogen and oxygen atoms in total. The van der Waals surface area contributed by atoms with Crippen LogP contribution in [0.4, 0.5) is 5.82 Å². The molecular formula is C15H18ClN3S. The average Bonchev–Trinajstić information content (AvgIpc) is 3.20. The molecule has 3 rings (SSSR count). The Labute approximate surface area is 128 Å². The van der Waals surface area contributed by atoms with Gasteiger partial charge in [0.15, 0.2) is 0 Å². The van der Waals surface area contributed by atoms with E-state index in [1.54, 1.807) is 11.3 Å². The molecule has 1 aliphatic carbocycles. The van der Waals surface area contributed by atoms with E-state index in [-0.39, 0.29) is 0 Å². The van der Waals surface area contributed by atoms with Gasteiger partial charge in [0.1, 0.15) is 5.82 Å². The Morgan fingerprint density at radius 2 is 2.20 bits per heavy atom. The van der Waals surface area contributed by atoms with E-state index >= 15 is 0 Å². The van der Waals surface area contributed by atoms with Gasteiger partial charge in [0.25, 0.3) is 0 Å². The molecule has 1 saturated carbocycles. The van der Waals surface area contributed by atoms with Crippen LogP contribution in [0.25, 0.3) is 0 Å². The van der Waals surface area contributed by atoms with Crippen LogP contribution in [0.2, 0.25) is 4.34 Å². The first-order chi connectivity index (χ1) is 9.70. The number of aromatic nitrogens is 1. The molecule has 2 aromatic rings. The summed E-state index contributed by atoms with van der Waals surface area (Å²) in [5.74, 6) is 0.990. The minimum absolute atomic E-state index is 0.737. The summed E-state index contributed by atoms with van der Waals surface area (Å²) in [5.41, 5.74) is 1.24. The van der Waals surface area contributed by atoms with Gasteiger partial charge in [-0.2, -0.15) is 0 Å². The number of halogens is 1. The van der Waals surface area contributed by atoms with Crippen LogP contribution in [0.3, 0.4) is 0 Å². The Kier molecular flexibility index (Phi) is 4.24. The van der Waals surface area contributed by atoms with Gasteiger partial charge in [-0.1, -0.05) is 17.7 Å². The molecule has 1 N–H and O–H groups in total. The Morgan fingerprint density at radius 3 is 2.80 bits per heavy atom. The lowest BCUT2D eigenvalue weighted by atomic mass is 10.2. The number of thiophene rings is 1. The van der Waals surface area contributed by atoms with E-state index in [0.29, 0.717) is 0 Å². The molecule has 106 valence electrons.